The second-order valence-corrected chi connectivity index (χ2v) is 6.64. The van der Waals surface area contributed by atoms with Gasteiger partial charge in [-0.05, 0) is 44.0 Å². The number of carbonyl (C=O) groups is 2. The highest BCUT2D eigenvalue weighted by molar-refractivity contribution is 5.94. The molecule has 0 aliphatic carbocycles. The van der Waals surface area contributed by atoms with Crippen molar-refractivity contribution in [3.8, 4) is 17.2 Å². The second kappa shape index (κ2) is 11.7. The average molecular weight is 415 g/mol. The standard InChI is InChI=1S/C23H30N2O5/c1-5-29-20-13-12-18(15-21(20)30-6-2)24-22(26)16-25(3)23(27)14-11-17-9-7-8-10-19(17)28-4/h7-10,12-13,15H,5-6,11,14,16H2,1-4H3,(H,24,26). The Kier molecular flexibility index (Phi) is 9.00. The highest BCUT2D eigenvalue weighted by Crippen LogP contribution is 2.30. The molecule has 162 valence electrons. The number of methoxy groups -OCH3 is 1. The van der Waals surface area contributed by atoms with E-state index < -0.39 is 0 Å². The number of aryl methyl sites for hydroxylation is 1. The first-order chi connectivity index (χ1) is 14.5. The Morgan fingerprint density at radius 2 is 1.67 bits per heavy atom. The lowest BCUT2D eigenvalue weighted by Crippen LogP contribution is -2.35. The molecular weight excluding hydrogens is 384 g/mol. The number of hydrogen-bond acceptors (Lipinski definition) is 5. The lowest BCUT2D eigenvalue weighted by Gasteiger charge is -2.18. The third kappa shape index (κ3) is 6.69. The van der Waals surface area contributed by atoms with E-state index in [2.05, 4.69) is 5.32 Å². The number of amides is 2. The van der Waals surface area contributed by atoms with Gasteiger partial charge in [0, 0.05) is 25.2 Å². The van der Waals surface area contributed by atoms with Gasteiger partial charge in [0.15, 0.2) is 11.5 Å². The molecule has 0 aliphatic heterocycles. The molecule has 2 rings (SSSR count). The molecule has 0 saturated carbocycles. The molecule has 0 aliphatic rings. The molecule has 0 heterocycles. The second-order valence-electron chi connectivity index (χ2n) is 6.64. The van der Waals surface area contributed by atoms with Gasteiger partial charge in [-0.1, -0.05) is 18.2 Å². The Balaban J connectivity index is 1.90. The Hall–Kier alpha value is -3.22. The number of rotatable bonds is 11. The van der Waals surface area contributed by atoms with Crippen LogP contribution < -0.4 is 19.5 Å². The molecule has 0 spiro atoms. The van der Waals surface area contributed by atoms with Crippen LogP contribution in [0.2, 0.25) is 0 Å². The lowest BCUT2D eigenvalue weighted by molar-refractivity contribution is -0.133. The fourth-order valence-electron chi connectivity index (χ4n) is 2.97. The van der Waals surface area contributed by atoms with Crippen LogP contribution in [0.25, 0.3) is 0 Å². The topological polar surface area (TPSA) is 77.1 Å². The molecule has 0 atom stereocenters. The van der Waals surface area contributed by atoms with E-state index in [0.29, 0.717) is 43.2 Å². The van der Waals surface area contributed by atoms with Gasteiger partial charge in [0.2, 0.25) is 11.8 Å². The van der Waals surface area contributed by atoms with Crippen LogP contribution in [0.4, 0.5) is 5.69 Å². The molecule has 0 fully saturated rings. The summed E-state index contributed by atoms with van der Waals surface area (Å²) in [5.74, 6) is 1.55. The van der Waals surface area contributed by atoms with Crippen LogP contribution in [0.5, 0.6) is 17.2 Å². The molecule has 30 heavy (non-hydrogen) atoms. The summed E-state index contributed by atoms with van der Waals surface area (Å²) in [6.07, 6.45) is 0.840. The van der Waals surface area contributed by atoms with Crippen LogP contribution in [0, 0.1) is 0 Å². The molecule has 2 aromatic carbocycles. The van der Waals surface area contributed by atoms with Crippen molar-refractivity contribution >= 4 is 17.5 Å². The van der Waals surface area contributed by atoms with E-state index in [1.165, 1.54) is 4.90 Å². The summed E-state index contributed by atoms with van der Waals surface area (Å²) in [7, 11) is 3.23. The van der Waals surface area contributed by atoms with E-state index in [4.69, 9.17) is 14.2 Å². The van der Waals surface area contributed by atoms with Crippen molar-refractivity contribution in [1.82, 2.24) is 4.90 Å². The maximum Gasteiger partial charge on any atom is 0.243 e. The SMILES string of the molecule is CCOc1ccc(NC(=O)CN(C)C(=O)CCc2ccccc2OC)cc1OCC. The fraction of sp³-hybridized carbons (Fsp3) is 0.391. The first kappa shape index (κ1) is 23.1. The molecule has 2 aromatic rings. The molecular formula is C23H30N2O5. The van der Waals surface area contributed by atoms with Gasteiger partial charge in [-0.2, -0.15) is 0 Å². The number of nitrogens with zero attached hydrogens (tertiary/aromatic N) is 1. The largest absolute Gasteiger partial charge is 0.496 e. The summed E-state index contributed by atoms with van der Waals surface area (Å²) in [6.45, 7) is 4.75. The summed E-state index contributed by atoms with van der Waals surface area (Å²) >= 11 is 0. The van der Waals surface area contributed by atoms with E-state index >= 15 is 0 Å². The molecule has 0 unspecified atom stereocenters. The zero-order chi connectivity index (χ0) is 21.9. The van der Waals surface area contributed by atoms with E-state index in [9.17, 15) is 9.59 Å². The molecule has 0 saturated heterocycles. The van der Waals surface area contributed by atoms with Crippen LogP contribution in [0.15, 0.2) is 42.5 Å². The average Bonchev–Trinajstić information content (AvgIpc) is 2.74. The van der Waals surface area contributed by atoms with Crippen LogP contribution in [-0.4, -0.2) is 50.6 Å². The molecule has 0 bridgehead atoms. The molecule has 7 nitrogen and oxygen atoms in total. The van der Waals surface area contributed by atoms with Crippen molar-refractivity contribution in [3.63, 3.8) is 0 Å². The first-order valence-electron chi connectivity index (χ1n) is 10.0. The summed E-state index contributed by atoms with van der Waals surface area (Å²) < 4.78 is 16.4. The molecule has 0 radical (unpaired) electrons. The van der Waals surface area contributed by atoms with Crippen molar-refractivity contribution in [2.45, 2.75) is 26.7 Å². The van der Waals surface area contributed by atoms with E-state index in [-0.39, 0.29) is 18.4 Å². The zero-order valence-electron chi connectivity index (χ0n) is 18.1. The van der Waals surface area contributed by atoms with Crippen molar-refractivity contribution in [2.24, 2.45) is 0 Å². The van der Waals surface area contributed by atoms with Crippen LogP contribution in [-0.2, 0) is 16.0 Å². The number of ether oxygens (including phenoxy) is 3. The summed E-state index contributed by atoms with van der Waals surface area (Å²) in [6, 6.07) is 12.8. The monoisotopic (exact) mass is 414 g/mol. The number of para-hydroxylation sites is 1. The van der Waals surface area contributed by atoms with Crippen LogP contribution in [0.1, 0.15) is 25.8 Å². The molecule has 1 N–H and O–H groups in total. The smallest absolute Gasteiger partial charge is 0.243 e. The normalized spacial score (nSPS) is 10.3. The zero-order valence-corrected chi connectivity index (χ0v) is 18.1. The molecule has 7 heteroatoms. The van der Waals surface area contributed by atoms with Gasteiger partial charge in [-0.15, -0.1) is 0 Å². The molecule has 0 aromatic heterocycles. The summed E-state index contributed by atoms with van der Waals surface area (Å²) in [5.41, 5.74) is 1.55. The lowest BCUT2D eigenvalue weighted by atomic mass is 10.1. The Labute approximate surface area is 177 Å². The van der Waals surface area contributed by atoms with E-state index in [0.717, 1.165) is 11.3 Å². The van der Waals surface area contributed by atoms with Crippen molar-refractivity contribution < 1.29 is 23.8 Å². The van der Waals surface area contributed by atoms with Gasteiger partial charge in [0.05, 0.1) is 26.9 Å². The van der Waals surface area contributed by atoms with Crippen LogP contribution >= 0.6 is 0 Å². The highest BCUT2D eigenvalue weighted by atomic mass is 16.5. The van der Waals surface area contributed by atoms with Gasteiger partial charge >= 0.3 is 0 Å². The summed E-state index contributed by atoms with van der Waals surface area (Å²) in [5, 5.41) is 2.80. The first-order valence-corrected chi connectivity index (χ1v) is 10.0. The van der Waals surface area contributed by atoms with E-state index in [1.54, 1.807) is 32.4 Å². The number of likely N-dealkylation sites (N-methyl/N-ethyl adjacent to an activating group) is 1. The van der Waals surface area contributed by atoms with Crippen molar-refractivity contribution in [2.75, 3.05) is 39.2 Å². The minimum atomic E-state index is -0.283. The Bertz CT molecular complexity index is 853. The third-order valence-corrected chi connectivity index (χ3v) is 4.43. The quantitative estimate of drug-likeness (QED) is 0.609. The maximum absolute atomic E-state index is 12.4. The summed E-state index contributed by atoms with van der Waals surface area (Å²) in [4.78, 5) is 26.2. The molecule has 2 amide bonds. The Morgan fingerprint density at radius 3 is 2.37 bits per heavy atom. The van der Waals surface area contributed by atoms with Gasteiger partial charge in [-0.25, -0.2) is 0 Å². The Morgan fingerprint density at radius 1 is 0.967 bits per heavy atom. The number of carbonyl (C=O) groups excluding carboxylic acids is 2. The van der Waals surface area contributed by atoms with Gasteiger partial charge in [-0.3, -0.25) is 9.59 Å². The van der Waals surface area contributed by atoms with Gasteiger partial charge in [0.1, 0.15) is 5.75 Å². The van der Waals surface area contributed by atoms with Crippen molar-refractivity contribution in [1.29, 1.82) is 0 Å². The number of anilines is 1. The highest BCUT2D eigenvalue weighted by Gasteiger charge is 2.15. The number of benzene rings is 2. The third-order valence-electron chi connectivity index (χ3n) is 4.43. The van der Waals surface area contributed by atoms with Crippen LogP contribution in [0.3, 0.4) is 0 Å². The fourth-order valence-corrected chi connectivity index (χ4v) is 2.97. The maximum atomic E-state index is 12.4. The minimum absolute atomic E-state index is 0.0397. The number of hydrogen-bond donors (Lipinski definition) is 1. The van der Waals surface area contributed by atoms with Crippen molar-refractivity contribution in [3.05, 3.63) is 48.0 Å². The predicted octanol–water partition coefficient (Wildman–Crippen LogP) is 3.52. The number of nitrogens with one attached hydrogen (secondary N) is 1. The van der Waals surface area contributed by atoms with E-state index in [1.807, 2.05) is 38.1 Å². The van der Waals surface area contributed by atoms with Gasteiger partial charge in [0.25, 0.3) is 0 Å². The predicted molar refractivity (Wildman–Crippen MR) is 116 cm³/mol. The van der Waals surface area contributed by atoms with Gasteiger partial charge < -0.3 is 24.4 Å². The minimum Gasteiger partial charge on any atom is -0.496 e.